The number of nitrogens with two attached hydrogens (primary N) is 1. The highest BCUT2D eigenvalue weighted by molar-refractivity contribution is 7.23. The summed E-state index contributed by atoms with van der Waals surface area (Å²) in [6.07, 6.45) is 4.20. The van der Waals surface area contributed by atoms with E-state index in [9.17, 15) is 20.0 Å². The number of anilines is 2. The Labute approximate surface area is 503 Å². The Morgan fingerprint density at radius 1 is 1.05 bits per heavy atom. The van der Waals surface area contributed by atoms with Gasteiger partial charge in [-0.05, 0) is 72.6 Å². The molecule has 7 heterocycles. The molecule has 4 atom stereocenters. The smallest absolute Gasteiger partial charge is 0.417 e. The molecule has 8 aromatic rings. The van der Waals surface area contributed by atoms with Gasteiger partial charge in [-0.3, -0.25) is 14.6 Å². The number of fused-ring (bicyclic) bond motifs is 2. The first-order valence-corrected chi connectivity index (χ1v) is 29.7. The molecule has 11 rings (SSSR count). The molecule has 4 unspecified atom stereocenters. The van der Waals surface area contributed by atoms with Crippen molar-refractivity contribution < 1.29 is 46.5 Å². The number of hydrogen-bond acceptors (Lipinski definition) is 16. The van der Waals surface area contributed by atoms with Gasteiger partial charge in [0.1, 0.15) is 52.7 Å². The summed E-state index contributed by atoms with van der Waals surface area (Å²) in [5, 5.41) is 34.9. The molecule has 0 radical (unpaired) electrons. The van der Waals surface area contributed by atoms with E-state index in [4.69, 9.17) is 41.5 Å². The van der Waals surface area contributed by atoms with Crippen molar-refractivity contribution in [3.05, 3.63) is 124 Å². The van der Waals surface area contributed by atoms with Crippen molar-refractivity contribution in [2.24, 2.45) is 5.92 Å². The number of carbonyl (C=O) groups excluding carboxylic acids is 2. The van der Waals surface area contributed by atoms with Crippen LogP contribution in [0.2, 0.25) is 5.02 Å². The van der Waals surface area contributed by atoms with Crippen LogP contribution in [0.3, 0.4) is 0 Å². The average molecular weight is 1220 g/mol. The van der Waals surface area contributed by atoms with E-state index in [1.165, 1.54) is 6.07 Å². The Bertz CT molecular complexity index is 3760. The lowest BCUT2D eigenvalue weighted by molar-refractivity contribution is -0.137. The van der Waals surface area contributed by atoms with E-state index < -0.39 is 35.2 Å². The minimum Gasteiger partial charge on any atom is -0.486 e. The molecule has 0 saturated carbocycles. The standard InChI is InChI=1S/C48H52F4N10O4S.C14H13ClN2O2/c1-5-30-23-60(18-16-55-30)45-33-21-35(48(50,51)52)39(32-12-13-36(49)43-38(32)34(22-53)44(54)67-43)42(40(33)56-47(57-45)66-31-14-19-64-20-15-31)65-25-28-8-10-29(11-9-28)37-24-62(59-58-37)41(26(2)3)46(63)61-17-6-7-27(61)4;15-13-5-6-16-7-12(13)10-1-3-11(4-2-10)14(8-18)17-9-19/h8-13,21,24,26-27,30-31,41,55H,5-7,14-20,23,25,54H2,1-4H3;1-7,9,14,18H,8H2,(H,17,19). The van der Waals surface area contributed by atoms with Crippen LogP contribution in [-0.4, -0.2) is 116 Å². The molecule has 3 aliphatic rings. The van der Waals surface area contributed by atoms with E-state index >= 15 is 17.6 Å². The number of aromatic nitrogens is 6. The van der Waals surface area contributed by atoms with E-state index in [2.05, 4.69) is 32.9 Å². The Hall–Kier alpha value is -8.01. The SMILES string of the molecule is CCC1CN(c2nc(OC3CCOCC3)nc3c(OCc4ccc(-c5cn(C(C(=O)N6CCCC6C)C(C)C)nn5)cc4)c(-c4ccc(F)c5sc(N)c(C#N)c45)c(C(F)(F)F)cc23)CCN1.O=CNC(CO)c1ccc(-c2cnccc2Cl)cc1. The van der Waals surface area contributed by atoms with Crippen molar-refractivity contribution in [1.82, 2.24) is 45.5 Å². The van der Waals surface area contributed by atoms with Gasteiger partial charge in [0.2, 0.25) is 12.3 Å². The number of pyridine rings is 1. The van der Waals surface area contributed by atoms with Crippen molar-refractivity contribution in [3.8, 4) is 51.3 Å². The van der Waals surface area contributed by atoms with Gasteiger partial charge < -0.3 is 45.5 Å². The summed E-state index contributed by atoms with van der Waals surface area (Å²) in [6.45, 7) is 10.8. The molecule has 24 heteroatoms. The predicted molar refractivity (Wildman–Crippen MR) is 321 cm³/mol. The molecule has 3 fully saturated rings. The highest BCUT2D eigenvalue weighted by Crippen LogP contribution is 2.52. The lowest BCUT2D eigenvalue weighted by atomic mass is 9.92. The molecule has 18 nitrogen and oxygen atoms in total. The van der Waals surface area contributed by atoms with Gasteiger partial charge in [-0.15, -0.1) is 16.4 Å². The normalized spacial score (nSPS) is 17.3. The predicted octanol–water partition coefficient (Wildman–Crippen LogP) is 11.1. The van der Waals surface area contributed by atoms with Crippen LogP contribution in [0.5, 0.6) is 11.8 Å². The maximum absolute atomic E-state index is 15.8. The van der Waals surface area contributed by atoms with E-state index in [1.54, 1.807) is 53.6 Å². The monoisotopic (exact) mass is 1220 g/mol. The molecule has 4 aromatic carbocycles. The third-order valence-electron chi connectivity index (χ3n) is 15.9. The largest absolute Gasteiger partial charge is 0.486 e. The van der Waals surface area contributed by atoms with Gasteiger partial charge >= 0.3 is 12.2 Å². The van der Waals surface area contributed by atoms with Crippen LogP contribution in [0.15, 0.2) is 91.4 Å². The third-order valence-corrected chi connectivity index (χ3v) is 17.2. The number of nitrogens with one attached hydrogen (secondary N) is 2. The lowest BCUT2D eigenvalue weighted by Crippen LogP contribution is -2.50. The number of alkyl halides is 3. The van der Waals surface area contributed by atoms with Gasteiger partial charge in [-0.1, -0.05) is 92.2 Å². The summed E-state index contributed by atoms with van der Waals surface area (Å²) in [6, 6.07) is 20.9. The first kappa shape index (κ1) is 61.1. The quantitative estimate of drug-likeness (QED) is 0.0490. The molecule has 4 aromatic heterocycles. The molecular formula is C62H65ClF4N12O6S. The zero-order valence-electron chi connectivity index (χ0n) is 47.8. The second-order valence-electron chi connectivity index (χ2n) is 21.8. The Morgan fingerprint density at radius 3 is 2.47 bits per heavy atom. The molecule has 0 aliphatic carbocycles. The number of nitrogens with zero attached hydrogens (tertiary/aromatic N) is 9. The van der Waals surface area contributed by atoms with Crippen molar-refractivity contribution in [3.63, 3.8) is 0 Å². The molecular weight excluding hydrogens is 1150 g/mol. The lowest BCUT2D eigenvalue weighted by Gasteiger charge is -2.35. The summed E-state index contributed by atoms with van der Waals surface area (Å²) in [7, 11) is 0. The second-order valence-corrected chi connectivity index (χ2v) is 23.3. The molecule has 0 spiro atoms. The van der Waals surface area contributed by atoms with Crippen molar-refractivity contribution in [2.45, 2.75) is 103 Å². The van der Waals surface area contributed by atoms with E-state index in [0.717, 1.165) is 59.4 Å². The fourth-order valence-corrected chi connectivity index (χ4v) is 12.5. The van der Waals surface area contributed by atoms with Gasteiger partial charge in [0.05, 0.1) is 52.9 Å². The number of halogens is 5. The molecule has 5 N–H and O–H groups in total. The fourth-order valence-electron chi connectivity index (χ4n) is 11.3. The number of nitrogen functional groups attached to an aromatic ring is 1. The minimum atomic E-state index is -4.98. The number of rotatable bonds is 17. The summed E-state index contributed by atoms with van der Waals surface area (Å²) < 4.78 is 83.2. The number of aliphatic hydroxyl groups is 1. The van der Waals surface area contributed by atoms with Crippen LogP contribution >= 0.6 is 22.9 Å². The van der Waals surface area contributed by atoms with Gasteiger partial charge in [-0.2, -0.15) is 28.4 Å². The van der Waals surface area contributed by atoms with Crippen molar-refractivity contribution >= 4 is 67.1 Å². The number of aliphatic hydroxyl groups excluding tert-OH is 1. The van der Waals surface area contributed by atoms with E-state index in [-0.39, 0.29) is 97.9 Å². The molecule has 450 valence electrons. The number of hydrogen-bond donors (Lipinski definition) is 4. The van der Waals surface area contributed by atoms with Gasteiger partial charge in [0.25, 0.3) is 0 Å². The van der Waals surface area contributed by atoms with Gasteiger partial charge in [0.15, 0.2) is 5.75 Å². The average Bonchev–Trinajstić information content (AvgIpc) is 1.22. The molecule has 3 saturated heterocycles. The highest BCUT2D eigenvalue weighted by Gasteiger charge is 2.40. The van der Waals surface area contributed by atoms with Crippen LogP contribution < -0.4 is 30.7 Å². The molecule has 0 bridgehead atoms. The number of likely N-dealkylation sites (tertiary alicyclic amines) is 1. The number of piperazine rings is 1. The van der Waals surface area contributed by atoms with Crippen molar-refractivity contribution in [2.75, 3.05) is 56.6 Å². The van der Waals surface area contributed by atoms with Gasteiger partial charge in [-0.25, -0.2) is 9.07 Å². The third kappa shape index (κ3) is 13.0. The second kappa shape index (κ2) is 26.7. The Balaban J connectivity index is 0.000000367. The Morgan fingerprint density at radius 2 is 1.80 bits per heavy atom. The highest BCUT2D eigenvalue weighted by atomic mass is 35.5. The number of benzene rings is 4. The number of thiophene rings is 1. The minimum absolute atomic E-state index is 0.0101. The fraction of sp³-hybridized carbons (Fsp3) is 0.387. The van der Waals surface area contributed by atoms with Crippen LogP contribution in [0, 0.1) is 23.1 Å². The van der Waals surface area contributed by atoms with E-state index in [1.807, 2.05) is 60.9 Å². The van der Waals surface area contributed by atoms with Crippen LogP contribution in [-0.2, 0) is 27.1 Å². The summed E-state index contributed by atoms with van der Waals surface area (Å²) >= 11 is 6.89. The zero-order valence-corrected chi connectivity index (χ0v) is 49.4. The maximum Gasteiger partial charge on any atom is 0.417 e. The first-order chi connectivity index (χ1) is 41.5. The molecule has 2 amide bonds. The van der Waals surface area contributed by atoms with Crippen LogP contribution in [0.1, 0.15) is 94.1 Å². The van der Waals surface area contributed by atoms with Crippen LogP contribution in [0.4, 0.5) is 28.4 Å². The summed E-state index contributed by atoms with van der Waals surface area (Å²) in [5.74, 6) is -0.767. The first-order valence-electron chi connectivity index (χ1n) is 28.5. The number of ether oxygens (including phenoxy) is 3. The summed E-state index contributed by atoms with van der Waals surface area (Å²) in [5.41, 5.74) is 8.95. The Kier molecular flexibility index (Phi) is 19.0. The zero-order chi connectivity index (χ0) is 60.8. The molecule has 86 heavy (non-hydrogen) atoms. The topological polar surface area (TPSA) is 232 Å². The van der Waals surface area contributed by atoms with E-state index in [0.29, 0.717) is 80.5 Å². The maximum atomic E-state index is 15.8. The summed E-state index contributed by atoms with van der Waals surface area (Å²) in [4.78, 5) is 41.7. The number of nitriles is 1. The van der Waals surface area contributed by atoms with Crippen LogP contribution in [0.25, 0.3) is 54.5 Å². The molecule has 3 aliphatic heterocycles. The number of amides is 2. The van der Waals surface area contributed by atoms with Crippen molar-refractivity contribution in [1.29, 1.82) is 5.26 Å². The van der Waals surface area contributed by atoms with Gasteiger partial charge in [0, 0.05) is 91.0 Å². The number of carbonyl (C=O) groups is 2.